The first-order valence-corrected chi connectivity index (χ1v) is 12.2. The minimum Gasteiger partial charge on any atom is -0.406 e. The van der Waals surface area contributed by atoms with Gasteiger partial charge in [-0.25, -0.2) is 8.42 Å². The molecule has 3 aromatic carbocycles. The Labute approximate surface area is 198 Å². The summed E-state index contributed by atoms with van der Waals surface area (Å²) in [6.45, 7) is 1.90. The molecule has 0 aromatic heterocycles. The number of thioether (sulfide) groups is 1. The van der Waals surface area contributed by atoms with Gasteiger partial charge in [-0.05, 0) is 55.5 Å². The van der Waals surface area contributed by atoms with Gasteiger partial charge in [0.2, 0.25) is 5.12 Å². The van der Waals surface area contributed by atoms with Crippen LogP contribution < -0.4 is 9.46 Å². The average Bonchev–Trinajstić information content (AvgIpc) is 2.77. The van der Waals surface area contributed by atoms with Crippen LogP contribution in [-0.4, -0.2) is 31.4 Å². The third-order valence-corrected chi connectivity index (χ3v) is 6.75. The molecule has 11 heteroatoms. The zero-order chi connectivity index (χ0) is 24.9. The van der Waals surface area contributed by atoms with Crippen LogP contribution in [0, 0.1) is 6.92 Å². The quantitative estimate of drug-likeness (QED) is 0.406. The fourth-order valence-corrected chi connectivity index (χ4v) is 4.54. The summed E-state index contributed by atoms with van der Waals surface area (Å²) in [7, 11) is -4.08. The molecule has 0 aliphatic carbocycles. The summed E-state index contributed by atoms with van der Waals surface area (Å²) < 4.78 is 67.6. The first-order chi connectivity index (χ1) is 15.9. The lowest BCUT2D eigenvalue weighted by atomic mass is 10.1. The van der Waals surface area contributed by atoms with Crippen molar-refractivity contribution in [3.63, 3.8) is 0 Å². The Kier molecular flexibility index (Phi) is 7.68. The highest BCUT2D eigenvalue weighted by atomic mass is 32.2. The lowest BCUT2D eigenvalue weighted by Crippen LogP contribution is -2.17. The van der Waals surface area contributed by atoms with Crippen molar-refractivity contribution >= 4 is 38.4 Å². The average molecular weight is 510 g/mol. The zero-order valence-corrected chi connectivity index (χ0v) is 19.3. The number of hydrogen-bond donors (Lipinski definition) is 1. The van der Waals surface area contributed by atoms with Gasteiger partial charge in [0.25, 0.3) is 10.0 Å². The van der Waals surface area contributed by atoms with Crippen LogP contribution in [0.1, 0.15) is 26.3 Å². The highest BCUT2D eigenvalue weighted by Gasteiger charge is 2.31. The molecule has 6 nitrogen and oxygen atoms in total. The van der Waals surface area contributed by atoms with Crippen molar-refractivity contribution in [2.45, 2.75) is 18.2 Å². The smallest absolute Gasteiger partial charge is 0.406 e. The van der Waals surface area contributed by atoms with Crippen LogP contribution in [0.3, 0.4) is 0 Å². The fraction of sp³-hybridized carbons (Fsp3) is 0.130. The Balaban J connectivity index is 1.59. The van der Waals surface area contributed by atoms with Crippen molar-refractivity contribution in [1.29, 1.82) is 0 Å². The molecule has 0 unspecified atom stereocenters. The molecule has 0 fully saturated rings. The van der Waals surface area contributed by atoms with Crippen LogP contribution in [0.5, 0.6) is 5.75 Å². The summed E-state index contributed by atoms with van der Waals surface area (Å²) in [5.74, 6) is -0.933. The second-order valence-corrected chi connectivity index (χ2v) is 9.70. The van der Waals surface area contributed by atoms with Gasteiger partial charge in [0.05, 0.1) is 10.6 Å². The molecule has 0 aliphatic heterocycles. The summed E-state index contributed by atoms with van der Waals surface area (Å²) in [6, 6.07) is 16.3. The van der Waals surface area contributed by atoms with Crippen LogP contribution in [0.4, 0.5) is 18.9 Å². The number of anilines is 1. The number of halogens is 3. The van der Waals surface area contributed by atoms with Gasteiger partial charge in [-0.3, -0.25) is 14.3 Å². The highest BCUT2D eigenvalue weighted by molar-refractivity contribution is 8.14. The first kappa shape index (κ1) is 25.3. The van der Waals surface area contributed by atoms with Crippen LogP contribution in [0.25, 0.3) is 0 Å². The lowest BCUT2D eigenvalue weighted by Gasteiger charge is -2.11. The number of carbonyl (C=O) groups excluding carboxylic acids is 2. The molecule has 178 valence electrons. The molecule has 0 atom stereocenters. The van der Waals surface area contributed by atoms with E-state index in [0.29, 0.717) is 11.1 Å². The summed E-state index contributed by atoms with van der Waals surface area (Å²) in [5.41, 5.74) is 1.95. The molecule has 0 bridgehead atoms. The Morgan fingerprint density at radius 2 is 1.44 bits per heavy atom. The predicted octanol–water partition coefficient (Wildman–Crippen LogP) is 5.45. The van der Waals surface area contributed by atoms with E-state index in [-0.39, 0.29) is 27.2 Å². The van der Waals surface area contributed by atoms with Crippen molar-refractivity contribution in [2.75, 3.05) is 10.5 Å². The number of Topliss-reactive ketones (excluding diaryl/α,β-unsaturated/α-hetero) is 1. The lowest BCUT2D eigenvalue weighted by molar-refractivity contribution is -0.274. The molecule has 0 radical (unpaired) electrons. The Bertz CT molecular complexity index is 1270. The molecule has 34 heavy (non-hydrogen) atoms. The number of rotatable bonds is 8. The minimum atomic E-state index is -4.88. The highest BCUT2D eigenvalue weighted by Crippen LogP contribution is 2.25. The Hall–Kier alpha value is -3.31. The van der Waals surface area contributed by atoms with Crippen LogP contribution in [-0.2, 0) is 10.0 Å². The van der Waals surface area contributed by atoms with E-state index in [1.165, 1.54) is 24.3 Å². The van der Waals surface area contributed by atoms with E-state index < -0.39 is 22.1 Å². The van der Waals surface area contributed by atoms with Crippen LogP contribution in [0.15, 0.2) is 77.7 Å². The predicted molar refractivity (Wildman–Crippen MR) is 123 cm³/mol. The van der Waals surface area contributed by atoms with E-state index in [1.54, 1.807) is 24.3 Å². The van der Waals surface area contributed by atoms with Crippen molar-refractivity contribution in [3.05, 3.63) is 89.5 Å². The maximum absolute atomic E-state index is 12.5. The maximum atomic E-state index is 12.5. The van der Waals surface area contributed by atoms with Gasteiger partial charge in [0.15, 0.2) is 5.78 Å². The molecule has 0 saturated heterocycles. The summed E-state index contributed by atoms with van der Waals surface area (Å²) in [4.78, 5) is 24.3. The SMILES string of the molecule is Cc1ccc(C(=O)SCC(=O)c2ccc(NS(=O)(=O)c3ccc(OC(F)(F)F)cc3)cc2)cc1. The molecule has 0 heterocycles. The van der Waals surface area contributed by atoms with E-state index in [0.717, 1.165) is 41.6 Å². The number of ketones is 1. The van der Waals surface area contributed by atoms with Crippen molar-refractivity contribution < 1.29 is 35.9 Å². The van der Waals surface area contributed by atoms with Crippen molar-refractivity contribution in [1.82, 2.24) is 0 Å². The molecular weight excluding hydrogens is 491 g/mol. The Morgan fingerprint density at radius 3 is 2.00 bits per heavy atom. The number of alkyl halides is 3. The van der Waals surface area contributed by atoms with E-state index in [9.17, 15) is 31.2 Å². The van der Waals surface area contributed by atoms with Gasteiger partial charge in [-0.1, -0.05) is 41.6 Å². The molecule has 0 aliphatic rings. The third kappa shape index (κ3) is 7.09. The summed E-state index contributed by atoms with van der Waals surface area (Å²) >= 11 is 0.874. The van der Waals surface area contributed by atoms with E-state index >= 15 is 0 Å². The number of carbonyl (C=O) groups is 2. The third-order valence-electron chi connectivity index (χ3n) is 4.45. The van der Waals surface area contributed by atoms with Gasteiger partial charge < -0.3 is 4.74 Å². The van der Waals surface area contributed by atoms with Gasteiger partial charge >= 0.3 is 6.36 Å². The Morgan fingerprint density at radius 1 is 0.882 bits per heavy atom. The standard InChI is InChI=1S/C23H18F3NO5S2/c1-15-2-4-17(5-3-15)22(29)33-14-21(28)16-6-8-18(9-7-16)27-34(30,31)20-12-10-19(11-13-20)32-23(24,25)26/h2-13,27H,14H2,1H3. The number of nitrogens with one attached hydrogen (secondary N) is 1. The zero-order valence-electron chi connectivity index (χ0n) is 17.6. The topological polar surface area (TPSA) is 89.5 Å². The summed E-state index contributed by atoms with van der Waals surface area (Å²) in [6.07, 6.45) is -4.88. The van der Waals surface area contributed by atoms with Gasteiger partial charge in [-0.15, -0.1) is 13.2 Å². The molecule has 0 spiro atoms. The molecule has 0 amide bonds. The van der Waals surface area contributed by atoms with E-state index in [2.05, 4.69) is 9.46 Å². The maximum Gasteiger partial charge on any atom is 0.573 e. The van der Waals surface area contributed by atoms with Gasteiger partial charge in [0, 0.05) is 16.8 Å². The van der Waals surface area contributed by atoms with E-state index in [1.807, 2.05) is 6.92 Å². The fourth-order valence-electron chi connectivity index (χ4n) is 2.75. The molecular formula is C23H18F3NO5S2. The monoisotopic (exact) mass is 509 g/mol. The van der Waals surface area contributed by atoms with E-state index in [4.69, 9.17) is 0 Å². The van der Waals surface area contributed by atoms with Crippen molar-refractivity contribution in [3.8, 4) is 5.75 Å². The first-order valence-electron chi connectivity index (χ1n) is 9.69. The normalized spacial score (nSPS) is 11.6. The second-order valence-electron chi connectivity index (χ2n) is 7.07. The minimum absolute atomic E-state index is 0.0792. The van der Waals surface area contributed by atoms with Crippen LogP contribution >= 0.6 is 11.8 Å². The molecule has 3 aromatic rings. The number of hydrogen-bond acceptors (Lipinski definition) is 6. The number of aryl methyl sites for hydroxylation is 1. The second kappa shape index (κ2) is 10.3. The number of sulfonamides is 1. The molecule has 1 N–H and O–H groups in total. The van der Waals surface area contributed by atoms with Crippen molar-refractivity contribution in [2.24, 2.45) is 0 Å². The molecule has 3 rings (SSSR count). The van der Waals surface area contributed by atoms with Crippen LogP contribution in [0.2, 0.25) is 0 Å². The molecule has 0 saturated carbocycles. The number of benzene rings is 3. The van der Waals surface area contributed by atoms with Gasteiger partial charge in [0.1, 0.15) is 5.75 Å². The summed E-state index contributed by atoms with van der Waals surface area (Å²) in [5, 5.41) is -0.232. The van der Waals surface area contributed by atoms with Gasteiger partial charge in [-0.2, -0.15) is 0 Å². The largest absolute Gasteiger partial charge is 0.573 e. The number of ether oxygens (including phenoxy) is 1.